The predicted molar refractivity (Wildman–Crippen MR) is 57.3 cm³/mol. The molecule has 0 heterocycles. The summed E-state index contributed by atoms with van der Waals surface area (Å²) in [6.07, 6.45) is 4.40. The summed E-state index contributed by atoms with van der Waals surface area (Å²) >= 11 is 0. The Morgan fingerprint density at radius 1 is 1.47 bits per heavy atom. The standard InChI is InChI=1S/C12H12O2.Na.H/c1-3-4-9-12(13)14-11-8-6-5-7-10(11)2;;/h3-9H,1H2,2H3;;/q;+1;-1. The van der Waals surface area contributed by atoms with Crippen molar-refractivity contribution >= 4 is 5.97 Å². The molecule has 2 nitrogen and oxygen atoms in total. The molecule has 0 spiro atoms. The van der Waals surface area contributed by atoms with Gasteiger partial charge in [0.1, 0.15) is 5.75 Å². The molecule has 1 aromatic rings. The molecule has 0 atom stereocenters. The summed E-state index contributed by atoms with van der Waals surface area (Å²) in [5, 5.41) is 0. The number of para-hydroxylation sites is 1. The fourth-order valence-corrected chi connectivity index (χ4v) is 0.960. The number of rotatable bonds is 3. The number of benzene rings is 1. The zero-order chi connectivity index (χ0) is 10.4. The smallest absolute Gasteiger partial charge is 1.00 e. The second kappa shape index (κ2) is 7.46. The van der Waals surface area contributed by atoms with Gasteiger partial charge in [0.15, 0.2) is 0 Å². The van der Waals surface area contributed by atoms with Crippen LogP contribution in [-0.2, 0) is 4.79 Å². The van der Waals surface area contributed by atoms with Gasteiger partial charge >= 0.3 is 35.5 Å². The normalized spacial score (nSPS) is 9.40. The van der Waals surface area contributed by atoms with Gasteiger partial charge in [0, 0.05) is 6.08 Å². The van der Waals surface area contributed by atoms with E-state index in [1.807, 2.05) is 25.1 Å². The van der Waals surface area contributed by atoms with Crippen LogP contribution in [0.25, 0.3) is 0 Å². The van der Waals surface area contributed by atoms with Crippen molar-refractivity contribution in [1.82, 2.24) is 0 Å². The third kappa shape index (κ3) is 4.98. The van der Waals surface area contributed by atoms with Gasteiger partial charge in [-0.3, -0.25) is 0 Å². The number of hydrogen-bond donors (Lipinski definition) is 0. The van der Waals surface area contributed by atoms with Crippen LogP contribution in [0.15, 0.2) is 49.1 Å². The molecule has 0 bridgehead atoms. The van der Waals surface area contributed by atoms with Crippen molar-refractivity contribution in [3.8, 4) is 5.75 Å². The van der Waals surface area contributed by atoms with E-state index in [0.717, 1.165) is 5.56 Å². The number of allylic oxidation sites excluding steroid dienone is 2. The van der Waals surface area contributed by atoms with Crippen LogP contribution in [0.5, 0.6) is 5.75 Å². The van der Waals surface area contributed by atoms with Crippen molar-refractivity contribution in [3.63, 3.8) is 0 Å². The van der Waals surface area contributed by atoms with Crippen LogP contribution < -0.4 is 34.3 Å². The summed E-state index contributed by atoms with van der Waals surface area (Å²) in [7, 11) is 0. The van der Waals surface area contributed by atoms with Crippen LogP contribution in [-0.4, -0.2) is 5.97 Å². The molecule has 0 aliphatic heterocycles. The van der Waals surface area contributed by atoms with E-state index in [1.54, 1.807) is 12.1 Å². The molecule has 0 saturated heterocycles. The van der Waals surface area contributed by atoms with Crippen molar-refractivity contribution in [2.75, 3.05) is 0 Å². The van der Waals surface area contributed by atoms with E-state index in [0.29, 0.717) is 5.75 Å². The molecule has 0 aliphatic rings. The molecule has 0 N–H and O–H groups in total. The topological polar surface area (TPSA) is 26.3 Å². The maximum Gasteiger partial charge on any atom is 1.00 e. The summed E-state index contributed by atoms with van der Waals surface area (Å²) in [4.78, 5) is 11.2. The van der Waals surface area contributed by atoms with Crippen LogP contribution in [0.3, 0.4) is 0 Å². The average Bonchev–Trinajstić information content (AvgIpc) is 2.18. The summed E-state index contributed by atoms with van der Waals surface area (Å²) in [5.41, 5.74) is 0.938. The second-order valence-electron chi connectivity index (χ2n) is 2.78. The van der Waals surface area contributed by atoms with E-state index < -0.39 is 0 Å². The molecule has 0 saturated carbocycles. The molecular weight excluding hydrogens is 199 g/mol. The number of aryl methyl sites for hydroxylation is 1. The summed E-state index contributed by atoms with van der Waals surface area (Å²) < 4.78 is 5.07. The summed E-state index contributed by atoms with van der Waals surface area (Å²) in [6, 6.07) is 7.37. The van der Waals surface area contributed by atoms with Gasteiger partial charge in [-0.25, -0.2) is 4.79 Å². The van der Waals surface area contributed by atoms with Crippen molar-refractivity contribution in [2.45, 2.75) is 6.92 Å². The summed E-state index contributed by atoms with van der Waals surface area (Å²) in [6.45, 7) is 5.35. The third-order valence-corrected chi connectivity index (χ3v) is 1.67. The van der Waals surface area contributed by atoms with Gasteiger partial charge in [-0.05, 0) is 18.6 Å². The summed E-state index contributed by atoms with van der Waals surface area (Å²) in [5.74, 6) is 0.199. The molecule has 0 unspecified atom stereocenters. The molecule has 1 aromatic carbocycles. The van der Waals surface area contributed by atoms with Gasteiger partial charge in [0.2, 0.25) is 0 Å². The van der Waals surface area contributed by atoms with Crippen molar-refractivity contribution in [1.29, 1.82) is 0 Å². The van der Waals surface area contributed by atoms with E-state index in [2.05, 4.69) is 6.58 Å². The Hall–Kier alpha value is -0.830. The quantitative estimate of drug-likeness (QED) is 0.227. The average molecular weight is 212 g/mol. The van der Waals surface area contributed by atoms with E-state index in [9.17, 15) is 4.79 Å². The molecule has 3 heteroatoms. The molecule has 0 aliphatic carbocycles. The number of carbonyl (C=O) groups excluding carboxylic acids is 1. The Morgan fingerprint density at radius 3 is 2.73 bits per heavy atom. The maximum absolute atomic E-state index is 11.2. The van der Waals surface area contributed by atoms with Crippen molar-refractivity contribution < 1.29 is 40.5 Å². The van der Waals surface area contributed by atoms with E-state index in [1.165, 1.54) is 12.2 Å². The van der Waals surface area contributed by atoms with Crippen molar-refractivity contribution in [3.05, 3.63) is 54.6 Å². The first kappa shape index (κ1) is 14.2. The fraction of sp³-hybridized carbons (Fsp3) is 0.0833. The number of ether oxygens (including phenoxy) is 1. The van der Waals surface area contributed by atoms with Gasteiger partial charge in [-0.2, -0.15) is 0 Å². The minimum absolute atomic E-state index is 0. The minimum atomic E-state index is -0.390. The Balaban J connectivity index is 0. The van der Waals surface area contributed by atoms with Gasteiger partial charge < -0.3 is 6.16 Å². The maximum atomic E-state index is 11.2. The Bertz CT molecular complexity index is 375. The molecule has 0 fully saturated rings. The third-order valence-electron chi connectivity index (χ3n) is 1.67. The number of esters is 1. The second-order valence-corrected chi connectivity index (χ2v) is 2.78. The molecule has 0 aromatic heterocycles. The van der Waals surface area contributed by atoms with Gasteiger partial charge in [-0.15, -0.1) is 0 Å². The van der Waals surface area contributed by atoms with E-state index in [-0.39, 0.29) is 37.0 Å². The zero-order valence-electron chi connectivity index (χ0n) is 10.1. The van der Waals surface area contributed by atoms with Crippen LogP contribution in [0, 0.1) is 6.92 Å². The molecule has 74 valence electrons. The number of hydrogen-bond acceptors (Lipinski definition) is 2. The van der Waals surface area contributed by atoms with E-state index in [4.69, 9.17) is 4.74 Å². The molecule has 15 heavy (non-hydrogen) atoms. The monoisotopic (exact) mass is 212 g/mol. The zero-order valence-corrected chi connectivity index (χ0v) is 11.1. The first-order valence-corrected chi connectivity index (χ1v) is 4.30. The SMILES string of the molecule is C=CC=CC(=O)Oc1ccccc1C.[H-].[Na+]. The molecular formula is C12H13NaO2. The molecule has 0 amide bonds. The molecule has 1 rings (SSSR count). The molecule has 0 radical (unpaired) electrons. The Labute approximate surface area is 113 Å². The van der Waals surface area contributed by atoms with Gasteiger partial charge in [0.25, 0.3) is 0 Å². The van der Waals surface area contributed by atoms with Gasteiger partial charge in [0.05, 0.1) is 0 Å². The Morgan fingerprint density at radius 2 is 2.13 bits per heavy atom. The number of carbonyl (C=O) groups is 1. The predicted octanol–water partition coefficient (Wildman–Crippen LogP) is -0.241. The Kier molecular flexibility index (Phi) is 7.05. The van der Waals surface area contributed by atoms with Crippen LogP contribution in [0.1, 0.15) is 6.99 Å². The van der Waals surface area contributed by atoms with Crippen LogP contribution in [0.4, 0.5) is 0 Å². The largest absolute Gasteiger partial charge is 1.00 e. The van der Waals surface area contributed by atoms with Gasteiger partial charge in [-0.1, -0.05) is 36.9 Å². The van der Waals surface area contributed by atoms with Crippen LogP contribution >= 0.6 is 0 Å². The van der Waals surface area contributed by atoms with Crippen molar-refractivity contribution in [2.24, 2.45) is 0 Å². The first-order chi connectivity index (χ1) is 6.74. The first-order valence-electron chi connectivity index (χ1n) is 4.30. The van der Waals surface area contributed by atoms with E-state index >= 15 is 0 Å². The van der Waals surface area contributed by atoms with Crippen LogP contribution in [0.2, 0.25) is 0 Å². The fourth-order valence-electron chi connectivity index (χ4n) is 0.960. The minimum Gasteiger partial charge on any atom is -1.00 e.